The zero-order valence-corrected chi connectivity index (χ0v) is 13.5. The van der Waals surface area contributed by atoms with Gasteiger partial charge in [0, 0.05) is 37.8 Å². The van der Waals surface area contributed by atoms with E-state index in [4.69, 9.17) is 0 Å². The van der Waals surface area contributed by atoms with Gasteiger partial charge < -0.3 is 10.2 Å². The van der Waals surface area contributed by atoms with Gasteiger partial charge in [-0.15, -0.1) is 0 Å². The number of amides is 1. The first-order valence-electron chi connectivity index (χ1n) is 8.20. The lowest BCUT2D eigenvalue weighted by Crippen LogP contribution is -2.34. The van der Waals surface area contributed by atoms with Gasteiger partial charge in [-0.2, -0.15) is 0 Å². The maximum atomic E-state index is 12.0. The molecule has 1 amide bonds. The quantitative estimate of drug-likeness (QED) is 0.891. The van der Waals surface area contributed by atoms with Crippen molar-refractivity contribution in [1.29, 1.82) is 0 Å². The summed E-state index contributed by atoms with van der Waals surface area (Å²) in [4.78, 5) is 18.7. The van der Waals surface area contributed by atoms with Crippen molar-refractivity contribution < 1.29 is 4.79 Å². The number of nitrogens with one attached hydrogen (secondary N) is 1. The molecule has 2 aromatic rings. The lowest BCUT2D eigenvalue weighted by molar-refractivity contribution is -0.127. The molecule has 1 aliphatic rings. The molecule has 4 nitrogen and oxygen atoms in total. The summed E-state index contributed by atoms with van der Waals surface area (Å²) in [6.45, 7) is 1.33. The molecule has 0 unspecified atom stereocenters. The van der Waals surface area contributed by atoms with Crippen molar-refractivity contribution in [2.45, 2.75) is 32.4 Å². The topological polar surface area (TPSA) is 45.2 Å². The third-order valence-electron chi connectivity index (χ3n) is 4.42. The second-order valence-electron chi connectivity index (χ2n) is 6.17. The van der Waals surface area contributed by atoms with Crippen LogP contribution >= 0.6 is 0 Å². The number of anilines is 1. The van der Waals surface area contributed by atoms with E-state index in [9.17, 15) is 4.79 Å². The molecule has 0 radical (unpaired) electrons. The first-order valence-corrected chi connectivity index (χ1v) is 8.20. The molecule has 1 N–H and O–H groups in total. The van der Waals surface area contributed by atoms with Crippen LogP contribution in [0.15, 0.2) is 48.7 Å². The van der Waals surface area contributed by atoms with Crippen molar-refractivity contribution >= 4 is 11.7 Å². The van der Waals surface area contributed by atoms with Crippen molar-refractivity contribution in [3.8, 4) is 0 Å². The Morgan fingerprint density at radius 3 is 2.70 bits per heavy atom. The van der Waals surface area contributed by atoms with Gasteiger partial charge >= 0.3 is 0 Å². The number of hydrogen-bond donors (Lipinski definition) is 1. The standard InChI is InChI=1S/C19H23N3O/c1-22(14-15-7-3-2-4-8-15)18-17(11-6-12-20-18)13-21-19(23)16-9-5-10-16/h2-4,6-8,11-12,16H,5,9-10,13-14H2,1H3,(H,21,23). The highest BCUT2D eigenvalue weighted by molar-refractivity contribution is 5.79. The third-order valence-corrected chi connectivity index (χ3v) is 4.42. The van der Waals surface area contributed by atoms with Gasteiger partial charge in [0.1, 0.15) is 5.82 Å². The predicted molar refractivity (Wildman–Crippen MR) is 92.0 cm³/mol. The summed E-state index contributed by atoms with van der Waals surface area (Å²) >= 11 is 0. The van der Waals surface area contributed by atoms with Crippen LogP contribution in [0, 0.1) is 5.92 Å². The average Bonchev–Trinajstić information content (AvgIpc) is 2.52. The predicted octanol–water partition coefficient (Wildman–Crippen LogP) is 3.13. The highest BCUT2D eigenvalue weighted by Crippen LogP contribution is 2.26. The number of carbonyl (C=O) groups is 1. The summed E-state index contributed by atoms with van der Waals surface area (Å²) in [6, 6.07) is 14.3. The van der Waals surface area contributed by atoms with Crippen LogP contribution < -0.4 is 10.2 Å². The smallest absolute Gasteiger partial charge is 0.223 e. The molecule has 4 heteroatoms. The number of hydrogen-bond acceptors (Lipinski definition) is 3. The average molecular weight is 309 g/mol. The number of benzene rings is 1. The van der Waals surface area contributed by atoms with Gasteiger partial charge in [-0.25, -0.2) is 4.98 Å². The summed E-state index contributed by atoms with van der Waals surface area (Å²) in [5, 5.41) is 3.05. The summed E-state index contributed by atoms with van der Waals surface area (Å²) < 4.78 is 0. The van der Waals surface area contributed by atoms with Gasteiger partial charge in [0.15, 0.2) is 0 Å². The Kier molecular flexibility index (Phi) is 4.91. The van der Waals surface area contributed by atoms with Crippen molar-refractivity contribution in [2.24, 2.45) is 5.92 Å². The van der Waals surface area contributed by atoms with Gasteiger partial charge in [-0.1, -0.05) is 42.8 Å². The van der Waals surface area contributed by atoms with E-state index in [-0.39, 0.29) is 11.8 Å². The summed E-state index contributed by atoms with van der Waals surface area (Å²) in [6.07, 6.45) is 5.03. The zero-order chi connectivity index (χ0) is 16.1. The molecule has 0 spiro atoms. The minimum absolute atomic E-state index is 0.178. The molecule has 0 aliphatic heterocycles. The van der Waals surface area contributed by atoms with Crippen LogP contribution in [0.5, 0.6) is 0 Å². The van der Waals surface area contributed by atoms with Gasteiger partial charge in [0.25, 0.3) is 0 Å². The van der Waals surface area contributed by atoms with Crippen LogP contribution in [0.4, 0.5) is 5.82 Å². The summed E-state index contributed by atoms with van der Waals surface area (Å²) in [5.41, 5.74) is 2.30. The third kappa shape index (κ3) is 3.89. The Morgan fingerprint density at radius 1 is 1.22 bits per heavy atom. The van der Waals surface area contributed by atoms with E-state index in [1.54, 1.807) is 6.20 Å². The highest BCUT2D eigenvalue weighted by atomic mass is 16.1. The molecule has 0 bridgehead atoms. The first kappa shape index (κ1) is 15.5. The van der Waals surface area contributed by atoms with Gasteiger partial charge in [0.05, 0.1) is 0 Å². The number of carbonyl (C=O) groups excluding carboxylic acids is 1. The fourth-order valence-electron chi connectivity index (χ4n) is 2.84. The van der Waals surface area contributed by atoms with Crippen LogP contribution in [-0.4, -0.2) is 17.9 Å². The van der Waals surface area contributed by atoms with Crippen LogP contribution in [-0.2, 0) is 17.9 Å². The number of pyridine rings is 1. The van der Waals surface area contributed by atoms with Gasteiger partial charge in [-0.3, -0.25) is 4.79 Å². The SMILES string of the molecule is CN(Cc1ccccc1)c1ncccc1CNC(=O)C1CCC1. The summed E-state index contributed by atoms with van der Waals surface area (Å²) in [5.74, 6) is 1.32. The molecule has 1 aromatic heterocycles. The van der Waals surface area contributed by atoms with Crippen molar-refractivity contribution in [1.82, 2.24) is 10.3 Å². The second kappa shape index (κ2) is 7.27. The molecule has 1 heterocycles. The van der Waals surface area contributed by atoms with E-state index >= 15 is 0 Å². The minimum atomic E-state index is 0.178. The van der Waals surface area contributed by atoms with E-state index in [0.29, 0.717) is 6.54 Å². The molecule has 0 atom stereocenters. The molecule has 1 aliphatic carbocycles. The molecule has 1 saturated carbocycles. The van der Waals surface area contributed by atoms with Gasteiger partial charge in [-0.05, 0) is 24.5 Å². The van der Waals surface area contributed by atoms with E-state index in [1.165, 1.54) is 12.0 Å². The zero-order valence-electron chi connectivity index (χ0n) is 13.5. The first-order chi connectivity index (χ1) is 11.2. The Bertz CT molecular complexity index is 653. The Morgan fingerprint density at radius 2 is 2.00 bits per heavy atom. The fourth-order valence-corrected chi connectivity index (χ4v) is 2.84. The number of aromatic nitrogens is 1. The molecule has 0 saturated heterocycles. The summed E-state index contributed by atoms with van der Waals surface area (Å²) in [7, 11) is 2.03. The lowest BCUT2D eigenvalue weighted by atomic mass is 9.85. The maximum absolute atomic E-state index is 12.0. The number of nitrogens with zero attached hydrogens (tertiary/aromatic N) is 2. The highest BCUT2D eigenvalue weighted by Gasteiger charge is 2.25. The Labute approximate surface area is 137 Å². The Balaban J connectivity index is 1.65. The van der Waals surface area contributed by atoms with Crippen molar-refractivity contribution in [3.05, 3.63) is 59.8 Å². The lowest BCUT2D eigenvalue weighted by Gasteiger charge is -2.25. The van der Waals surface area contributed by atoms with Crippen LogP contribution in [0.2, 0.25) is 0 Å². The molecular formula is C19H23N3O. The monoisotopic (exact) mass is 309 g/mol. The van der Waals surface area contributed by atoms with E-state index < -0.39 is 0 Å². The van der Waals surface area contributed by atoms with Crippen LogP contribution in [0.3, 0.4) is 0 Å². The molecule has 3 rings (SSSR count). The molecular weight excluding hydrogens is 286 g/mol. The van der Waals surface area contributed by atoms with Crippen LogP contribution in [0.25, 0.3) is 0 Å². The van der Waals surface area contributed by atoms with E-state index in [1.807, 2.05) is 37.4 Å². The molecule has 1 aromatic carbocycles. The fraction of sp³-hybridized carbons (Fsp3) is 0.368. The van der Waals surface area contributed by atoms with Gasteiger partial charge in [0.2, 0.25) is 5.91 Å². The minimum Gasteiger partial charge on any atom is -0.355 e. The maximum Gasteiger partial charge on any atom is 0.223 e. The van der Waals surface area contributed by atoms with Crippen LogP contribution in [0.1, 0.15) is 30.4 Å². The molecule has 120 valence electrons. The largest absolute Gasteiger partial charge is 0.355 e. The van der Waals surface area contributed by atoms with Crippen molar-refractivity contribution in [2.75, 3.05) is 11.9 Å². The van der Waals surface area contributed by atoms with Crippen molar-refractivity contribution in [3.63, 3.8) is 0 Å². The second-order valence-corrected chi connectivity index (χ2v) is 6.17. The molecule has 23 heavy (non-hydrogen) atoms. The van der Waals surface area contributed by atoms with E-state index in [0.717, 1.165) is 30.8 Å². The molecule has 1 fully saturated rings. The Hall–Kier alpha value is -2.36. The van der Waals surface area contributed by atoms with E-state index in [2.05, 4.69) is 27.3 Å². The number of rotatable bonds is 6. The normalized spacial score (nSPS) is 14.1.